The summed E-state index contributed by atoms with van der Waals surface area (Å²) in [4.78, 5) is 12.6. The lowest BCUT2D eigenvalue weighted by atomic mass is 10.1. The predicted molar refractivity (Wildman–Crippen MR) is 99.4 cm³/mol. The minimum absolute atomic E-state index is 0.159. The standard InChI is InChI=1S/C12H25NO.C4H11N.H2O4S/c1-2-3-4-5-6-7-8-9-10-11-12(13)14;1-4-5(2)3;1-5(2,3)4/h2-11H2,1H3,(H2,13,14);4H2,1-3H3;(H2,1,2,3,4). The number of hydrogen-bond donors (Lipinski definition) is 3. The van der Waals surface area contributed by atoms with E-state index in [2.05, 4.69) is 32.8 Å². The van der Waals surface area contributed by atoms with Crippen molar-refractivity contribution in [2.75, 3.05) is 20.6 Å². The van der Waals surface area contributed by atoms with Gasteiger partial charge in [-0.1, -0.05) is 65.2 Å². The Balaban J connectivity index is -0.000000361. The molecule has 0 aliphatic carbocycles. The van der Waals surface area contributed by atoms with E-state index in [1.165, 1.54) is 44.9 Å². The fourth-order valence-corrected chi connectivity index (χ4v) is 1.61. The van der Waals surface area contributed by atoms with Crippen molar-refractivity contribution in [2.45, 2.75) is 78.1 Å². The van der Waals surface area contributed by atoms with Crippen molar-refractivity contribution in [3.8, 4) is 0 Å². The van der Waals surface area contributed by atoms with Crippen LogP contribution in [0.25, 0.3) is 0 Å². The van der Waals surface area contributed by atoms with Crippen molar-refractivity contribution in [3.63, 3.8) is 0 Å². The van der Waals surface area contributed by atoms with Crippen molar-refractivity contribution in [1.29, 1.82) is 0 Å². The summed E-state index contributed by atoms with van der Waals surface area (Å²) in [6, 6.07) is 0. The van der Waals surface area contributed by atoms with Crippen LogP contribution in [-0.4, -0.2) is 49.0 Å². The van der Waals surface area contributed by atoms with Crippen molar-refractivity contribution >= 4 is 16.3 Å². The number of primary amides is 1. The molecule has 0 saturated carbocycles. The van der Waals surface area contributed by atoms with E-state index in [4.69, 9.17) is 23.3 Å². The molecule has 0 aliphatic heterocycles. The maximum Gasteiger partial charge on any atom is 0.394 e. The molecule has 24 heavy (non-hydrogen) atoms. The Morgan fingerprint density at radius 2 is 1.17 bits per heavy atom. The lowest BCUT2D eigenvalue weighted by Crippen LogP contribution is -2.09. The lowest BCUT2D eigenvalue weighted by Gasteiger charge is -2.00. The zero-order valence-corrected chi connectivity index (χ0v) is 16.6. The summed E-state index contributed by atoms with van der Waals surface area (Å²) in [6.45, 7) is 5.50. The second-order valence-electron chi connectivity index (χ2n) is 5.89. The maximum absolute atomic E-state index is 10.4. The third-order valence-corrected chi connectivity index (χ3v) is 3.16. The number of unbranched alkanes of at least 4 members (excludes halogenated alkanes) is 8. The highest BCUT2D eigenvalue weighted by molar-refractivity contribution is 7.79. The van der Waals surface area contributed by atoms with Crippen LogP contribution in [0.2, 0.25) is 0 Å². The summed E-state index contributed by atoms with van der Waals surface area (Å²) >= 11 is 0. The molecule has 4 N–H and O–H groups in total. The van der Waals surface area contributed by atoms with Crippen LogP contribution in [0.3, 0.4) is 0 Å². The molecular formula is C16H38N2O5S. The van der Waals surface area contributed by atoms with Gasteiger partial charge in [-0.25, -0.2) is 0 Å². The van der Waals surface area contributed by atoms with Crippen LogP contribution in [0, 0.1) is 0 Å². The van der Waals surface area contributed by atoms with Crippen molar-refractivity contribution in [2.24, 2.45) is 5.73 Å². The number of nitrogens with two attached hydrogens (primary N) is 1. The molecule has 0 saturated heterocycles. The van der Waals surface area contributed by atoms with Gasteiger partial charge in [-0.05, 0) is 27.1 Å². The fourth-order valence-electron chi connectivity index (χ4n) is 1.61. The van der Waals surface area contributed by atoms with Crippen LogP contribution in [-0.2, 0) is 15.2 Å². The van der Waals surface area contributed by atoms with E-state index in [0.29, 0.717) is 6.42 Å². The van der Waals surface area contributed by atoms with Gasteiger partial charge in [0, 0.05) is 6.42 Å². The van der Waals surface area contributed by atoms with Gasteiger partial charge < -0.3 is 10.6 Å². The van der Waals surface area contributed by atoms with E-state index in [0.717, 1.165) is 19.4 Å². The van der Waals surface area contributed by atoms with Gasteiger partial charge in [0.1, 0.15) is 0 Å². The predicted octanol–water partition coefficient (Wildman–Crippen LogP) is 3.31. The molecule has 0 atom stereocenters. The quantitative estimate of drug-likeness (QED) is 0.379. The molecule has 0 spiro atoms. The summed E-state index contributed by atoms with van der Waals surface area (Å²) in [5, 5.41) is 0. The van der Waals surface area contributed by atoms with Crippen molar-refractivity contribution < 1.29 is 22.3 Å². The van der Waals surface area contributed by atoms with Crippen LogP contribution in [0.5, 0.6) is 0 Å². The van der Waals surface area contributed by atoms with Crippen LogP contribution >= 0.6 is 0 Å². The first-order valence-corrected chi connectivity index (χ1v) is 10.1. The van der Waals surface area contributed by atoms with Crippen molar-refractivity contribution in [3.05, 3.63) is 0 Å². The molecule has 1 amide bonds. The second-order valence-corrected chi connectivity index (χ2v) is 6.78. The van der Waals surface area contributed by atoms with Gasteiger partial charge in [-0.3, -0.25) is 13.9 Å². The third kappa shape index (κ3) is 58.0. The SMILES string of the molecule is CCCCCCCCCCCC(N)=O.CCN(C)C.O=S(=O)(O)O. The summed E-state index contributed by atoms with van der Waals surface area (Å²) in [5.74, 6) is -0.159. The highest BCUT2D eigenvalue weighted by Gasteiger charge is 1.94. The Labute approximate surface area is 148 Å². The minimum Gasteiger partial charge on any atom is -0.370 e. The molecule has 0 aromatic carbocycles. The Morgan fingerprint density at radius 3 is 1.42 bits per heavy atom. The highest BCUT2D eigenvalue weighted by atomic mass is 32.3. The Kier molecular flexibility index (Phi) is 23.8. The van der Waals surface area contributed by atoms with Gasteiger partial charge in [-0.15, -0.1) is 0 Å². The van der Waals surface area contributed by atoms with Gasteiger partial charge in [0.15, 0.2) is 0 Å². The summed E-state index contributed by atoms with van der Waals surface area (Å²) < 4.78 is 31.6. The first-order chi connectivity index (χ1) is 11.0. The largest absolute Gasteiger partial charge is 0.394 e. The van der Waals surface area contributed by atoms with Crippen LogP contribution in [0.1, 0.15) is 78.1 Å². The molecule has 0 rings (SSSR count). The average molecular weight is 371 g/mol. The zero-order valence-electron chi connectivity index (χ0n) is 15.8. The molecule has 148 valence electrons. The number of amides is 1. The topological polar surface area (TPSA) is 121 Å². The van der Waals surface area contributed by atoms with E-state index >= 15 is 0 Å². The van der Waals surface area contributed by atoms with E-state index in [9.17, 15) is 4.79 Å². The van der Waals surface area contributed by atoms with Crippen molar-refractivity contribution in [1.82, 2.24) is 4.90 Å². The first kappa shape index (κ1) is 28.1. The van der Waals surface area contributed by atoms with E-state index in [1.807, 2.05) is 0 Å². The Morgan fingerprint density at radius 1 is 0.875 bits per heavy atom. The lowest BCUT2D eigenvalue weighted by molar-refractivity contribution is -0.118. The zero-order chi connectivity index (χ0) is 19.4. The average Bonchev–Trinajstić information content (AvgIpc) is 2.44. The van der Waals surface area contributed by atoms with Gasteiger partial charge in [-0.2, -0.15) is 8.42 Å². The maximum atomic E-state index is 10.4. The molecule has 0 radical (unpaired) electrons. The number of rotatable bonds is 11. The fraction of sp³-hybridized carbons (Fsp3) is 0.938. The molecule has 0 bridgehead atoms. The Bertz CT molecular complexity index is 351. The first-order valence-electron chi connectivity index (χ1n) is 8.67. The number of nitrogens with zero attached hydrogens (tertiary/aromatic N) is 1. The normalized spacial score (nSPS) is 10.5. The minimum atomic E-state index is -4.67. The molecule has 0 heterocycles. The summed E-state index contributed by atoms with van der Waals surface area (Å²) in [7, 11) is -0.556. The smallest absolute Gasteiger partial charge is 0.370 e. The molecular weight excluding hydrogens is 332 g/mol. The van der Waals surface area contributed by atoms with Crippen LogP contribution in [0.15, 0.2) is 0 Å². The second kappa shape index (κ2) is 20.3. The summed E-state index contributed by atoms with van der Waals surface area (Å²) in [5.41, 5.74) is 5.05. The van der Waals surface area contributed by atoms with E-state index in [-0.39, 0.29) is 5.91 Å². The number of hydrogen-bond acceptors (Lipinski definition) is 4. The Hall–Kier alpha value is -0.700. The van der Waals surface area contributed by atoms with Crippen LogP contribution in [0.4, 0.5) is 0 Å². The van der Waals surface area contributed by atoms with Gasteiger partial charge in [0.05, 0.1) is 0 Å². The number of carbonyl (C=O) groups excluding carboxylic acids is 1. The van der Waals surface area contributed by atoms with E-state index in [1.54, 1.807) is 0 Å². The van der Waals surface area contributed by atoms with Gasteiger partial charge in [0.2, 0.25) is 5.91 Å². The molecule has 7 nitrogen and oxygen atoms in total. The third-order valence-electron chi connectivity index (χ3n) is 3.16. The van der Waals surface area contributed by atoms with E-state index < -0.39 is 10.4 Å². The molecule has 0 aliphatic rings. The van der Waals surface area contributed by atoms with Crippen LogP contribution < -0.4 is 5.73 Å². The molecule has 0 aromatic rings. The number of carbonyl (C=O) groups is 1. The molecule has 0 aromatic heterocycles. The molecule has 0 unspecified atom stereocenters. The molecule has 0 fully saturated rings. The monoisotopic (exact) mass is 370 g/mol. The molecule has 8 heteroatoms. The van der Waals surface area contributed by atoms with Gasteiger partial charge >= 0.3 is 10.4 Å². The summed E-state index contributed by atoms with van der Waals surface area (Å²) in [6.07, 6.45) is 12.1. The highest BCUT2D eigenvalue weighted by Crippen LogP contribution is 2.10. The van der Waals surface area contributed by atoms with Gasteiger partial charge in [0.25, 0.3) is 0 Å².